The fourth-order valence-corrected chi connectivity index (χ4v) is 2.47. The summed E-state index contributed by atoms with van der Waals surface area (Å²) in [6, 6.07) is 1.41. The minimum absolute atomic E-state index is 0.0745. The lowest BCUT2D eigenvalue weighted by atomic mass is 10.6. The first-order valence-electron chi connectivity index (χ1n) is 4.72. The van der Waals surface area contributed by atoms with Crippen LogP contribution in [0.3, 0.4) is 0 Å². The molecule has 0 atom stereocenters. The Morgan fingerprint density at radius 2 is 2.44 bits per heavy atom. The lowest BCUT2D eigenvalue weighted by Gasteiger charge is -2.18. The minimum Gasteiger partial charge on any atom is -0.383 e. The molecule has 0 bridgehead atoms. The van der Waals surface area contributed by atoms with E-state index in [9.17, 15) is 8.42 Å². The van der Waals surface area contributed by atoms with Crippen molar-refractivity contribution in [3.05, 3.63) is 24.9 Å². The fraction of sp³-hybridized carbons (Fsp3) is 0.444. The Bertz CT molecular complexity index is 413. The van der Waals surface area contributed by atoms with E-state index in [0.717, 1.165) is 0 Å². The fourth-order valence-electron chi connectivity index (χ4n) is 1.17. The van der Waals surface area contributed by atoms with Crippen LogP contribution in [-0.4, -0.2) is 49.7 Å². The van der Waals surface area contributed by atoms with Crippen LogP contribution < -0.4 is 0 Å². The second kappa shape index (κ2) is 5.78. The number of sulfonamides is 1. The zero-order valence-corrected chi connectivity index (χ0v) is 9.90. The molecule has 0 spiro atoms. The first kappa shape index (κ1) is 12.9. The van der Waals surface area contributed by atoms with Gasteiger partial charge in [0.15, 0.2) is 5.03 Å². The number of rotatable bonds is 7. The van der Waals surface area contributed by atoms with Crippen molar-refractivity contribution < 1.29 is 13.2 Å². The number of ether oxygens (including phenoxy) is 1. The maximum atomic E-state index is 12.0. The summed E-state index contributed by atoms with van der Waals surface area (Å²) >= 11 is 0. The molecule has 0 saturated carbocycles. The maximum absolute atomic E-state index is 12.0. The summed E-state index contributed by atoms with van der Waals surface area (Å²) < 4.78 is 30.2. The second-order valence-electron chi connectivity index (χ2n) is 3.07. The maximum Gasteiger partial charge on any atom is 0.260 e. The van der Waals surface area contributed by atoms with E-state index in [1.807, 2.05) is 0 Å². The number of aromatic nitrogens is 2. The molecule has 0 saturated heterocycles. The van der Waals surface area contributed by atoms with Crippen molar-refractivity contribution in [1.82, 2.24) is 14.5 Å². The molecule has 0 aliphatic rings. The van der Waals surface area contributed by atoms with Crippen LogP contribution in [0.2, 0.25) is 0 Å². The van der Waals surface area contributed by atoms with Crippen molar-refractivity contribution in [3.63, 3.8) is 0 Å². The Hall–Kier alpha value is -1.18. The van der Waals surface area contributed by atoms with E-state index in [1.54, 1.807) is 0 Å². The Balaban J connectivity index is 2.88. The molecule has 1 N–H and O–H groups in total. The van der Waals surface area contributed by atoms with Gasteiger partial charge in [-0.15, -0.1) is 6.58 Å². The SMILES string of the molecule is C=CCN(CCOC)S(=O)(=O)c1ccn[nH]1. The molecule has 0 fully saturated rings. The Kier molecular flexibility index (Phi) is 4.66. The van der Waals surface area contributed by atoms with Crippen LogP contribution in [0.4, 0.5) is 0 Å². The van der Waals surface area contributed by atoms with Gasteiger partial charge in [-0.2, -0.15) is 9.40 Å². The molecule has 1 heterocycles. The van der Waals surface area contributed by atoms with E-state index in [-0.39, 0.29) is 18.1 Å². The van der Waals surface area contributed by atoms with E-state index in [1.165, 1.54) is 29.8 Å². The zero-order chi connectivity index (χ0) is 12.0. The molecule has 1 aromatic rings. The molecule has 0 aromatic carbocycles. The van der Waals surface area contributed by atoms with Crippen LogP contribution in [0.15, 0.2) is 29.9 Å². The van der Waals surface area contributed by atoms with E-state index in [2.05, 4.69) is 16.8 Å². The van der Waals surface area contributed by atoms with Gasteiger partial charge in [-0.3, -0.25) is 5.10 Å². The van der Waals surface area contributed by atoms with Crippen LogP contribution in [0.5, 0.6) is 0 Å². The average molecular weight is 245 g/mol. The number of aromatic amines is 1. The molecule has 1 aromatic heterocycles. The number of hydrogen-bond donors (Lipinski definition) is 1. The van der Waals surface area contributed by atoms with Gasteiger partial charge in [0, 0.05) is 20.2 Å². The second-order valence-corrected chi connectivity index (χ2v) is 4.97. The van der Waals surface area contributed by atoms with E-state index in [4.69, 9.17) is 4.74 Å². The van der Waals surface area contributed by atoms with Gasteiger partial charge in [-0.05, 0) is 6.07 Å². The van der Waals surface area contributed by atoms with Crippen LogP contribution in [-0.2, 0) is 14.8 Å². The molecule has 0 unspecified atom stereocenters. The third kappa shape index (κ3) is 2.91. The number of hydrogen-bond acceptors (Lipinski definition) is 4. The molecule has 0 aliphatic heterocycles. The van der Waals surface area contributed by atoms with Crippen LogP contribution in [0.25, 0.3) is 0 Å². The molecule has 0 radical (unpaired) electrons. The summed E-state index contributed by atoms with van der Waals surface area (Å²) in [6.45, 7) is 4.39. The summed E-state index contributed by atoms with van der Waals surface area (Å²) in [6.07, 6.45) is 2.93. The van der Waals surface area contributed by atoms with Gasteiger partial charge in [-0.1, -0.05) is 6.08 Å². The molecular weight excluding hydrogens is 230 g/mol. The van der Waals surface area contributed by atoms with Crippen LogP contribution in [0, 0.1) is 0 Å². The summed E-state index contributed by atoms with van der Waals surface area (Å²) in [7, 11) is -2.01. The zero-order valence-electron chi connectivity index (χ0n) is 9.09. The summed E-state index contributed by atoms with van der Waals surface area (Å²) in [5.41, 5.74) is 0. The molecular formula is C9H15N3O3S. The topological polar surface area (TPSA) is 75.3 Å². The van der Waals surface area contributed by atoms with Crippen molar-refractivity contribution in [2.75, 3.05) is 26.8 Å². The molecule has 6 nitrogen and oxygen atoms in total. The summed E-state index contributed by atoms with van der Waals surface area (Å²) in [5.74, 6) is 0. The molecule has 1 rings (SSSR count). The largest absolute Gasteiger partial charge is 0.383 e. The smallest absolute Gasteiger partial charge is 0.260 e. The van der Waals surface area contributed by atoms with E-state index < -0.39 is 10.0 Å². The summed E-state index contributed by atoms with van der Waals surface area (Å²) in [5, 5.41) is 6.14. The first-order valence-corrected chi connectivity index (χ1v) is 6.16. The quantitative estimate of drug-likeness (QED) is 0.698. The Morgan fingerprint density at radius 3 is 2.94 bits per heavy atom. The molecule has 0 amide bonds. The Labute approximate surface area is 95.0 Å². The molecule has 90 valence electrons. The predicted octanol–water partition coefficient (Wildman–Crippen LogP) is 0.233. The molecule has 16 heavy (non-hydrogen) atoms. The van der Waals surface area contributed by atoms with Crippen molar-refractivity contribution in [3.8, 4) is 0 Å². The van der Waals surface area contributed by atoms with E-state index >= 15 is 0 Å². The van der Waals surface area contributed by atoms with Crippen molar-refractivity contribution >= 4 is 10.0 Å². The van der Waals surface area contributed by atoms with Gasteiger partial charge in [0.1, 0.15) is 0 Å². The lowest BCUT2D eigenvalue weighted by molar-refractivity contribution is 0.182. The number of methoxy groups -OCH3 is 1. The van der Waals surface area contributed by atoms with Gasteiger partial charge in [0.25, 0.3) is 10.0 Å². The highest BCUT2D eigenvalue weighted by Gasteiger charge is 2.24. The number of H-pyrrole nitrogens is 1. The lowest BCUT2D eigenvalue weighted by Crippen LogP contribution is -2.34. The molecule has 0 aliphatic carbocycles. The van der Waals surface area contributed by atoms with Crippen LogP contribution in [0.1, 0.15) is 0 Å². The number of nitrogens with one attached hydrogen (secondary N) is 1. The normalized spacial score (nSPS) is 11.9. The van der Waals surface area contributed by atoms with Gasteiger partial charge < -0.3 is 4.74 Å². The van der Waals surface area contributed by atoms with Crippen molar-refractivity contribution in [2.45, 2.75) is 5.03 Å². The van der Waals surface area contributed by atoms with Crippen LogP contribution >= 0.6 is 0 Å². The van der Waals surface area contributed by atoms with Gasteiger partial charge in [0.05, 0.1) is 12.8 Å². The van der Waals surface area contributed by atoms with Gasteiger partial charge >= 0.3 is 0 Å². The minimum atomic E-state index is -3.53. The highest BCUT2D eigenvalue weighted by atomic mass is 32.2. The molecule has 7 heteroatoms. The van der Waals surface area contributed by atoms with Gasteiger partial charge in [-0.25, -0.2) is 8.42 Å². The van der Waals surface area contributed by atoms with Crippen molar-refractivity contribution in [2.24, 2.45) is 0 Å². The highest BCUT2D eigenvalue weighted by Crippen LogP contribution is 2.11. The average Bonchev–Trinajstić information content (AvgIpc) is 2.77. The first-order chi connectivity index (χ1) is 7.62. The standard InChI is InChI=1S/C9H15N3O3S/c1-3-6-12(7-8-15-2)16(13,14)9-4-5-10-11-9/h3-5H,1,6-8H2,2H3,(H,10,11). The Morgan fingerprint density at radius 1 is 1.69 bits per heavy atom. The highest BCUT2D eigenvalue weighted by molar-refractivity contribution is 7.89. The monoisotopic (exact) mass is 245 g/mol. The third-order valence-corrected chi connectivity index (χ3v) is 3.77. The van der Waals surface area contributed by atoms with Gasteiger partial charge in [0.2, 0.25) is 0 Å². The van der Waals surface area contributed by atoms with E-state index in [0.29, 0.717) is 6.61 Å². The number of nitrogens with zero attached hydrogens (tertiary/aromatic N) is 2. The third-order valence-electron chi connectivity index (χ3n) is 1.97. The predicted molar refractivity (Wildman–Crippen MR) is 59.4 cm³/mol. The van der Waals surface area contributed by atoms with Crippen molar-refractivity contribution in [1.29, 1.82) is 0 Å². The summed E-state index contributed by atoms with van der Waals surface area (Å²) in [4.78, 5) is 0.